The third kappa shape index (κ3) is 2.80. The van der Waals surface area contributed by atoms with Gasteiger partial charge in [0.1, 0.15) is 5.78 Å². The maximum Gasteiger partial charge on any atom is 0.137 e. The molecule has 1 unspecified atom stereocenters. The molecule has 0 spiro atoms. The number of aryl methyl sites for hydroxylation is 1. The molecule has 0 amide bonds. The molecule has 116 valence electrons. The molecule has 3 nitrogen and oxygen atoms in total. The monoisotopic (exact) mass is 288 g/mol. The molecule has 0 aromatic carbocycles. The van der Waals surface area contributed by atoms with Crippen molar-refractivity contribution < 1.29 is 4.79 Å². The molecule has 21 heavy (non-hydrogen) atoms. The van der Waals surface area contributed by atoms with E-state index in [-0.39, 0.29) is 0 Å². The molecular weight excluding hydrogens is 260 g/mol. The van der Waals surface area contributed by atoms with Crippen LogP contribution in [0.25, 0.3) is 0 Å². The largest absolute Gasteiger partial charge is 0.360 e. The first-order valence-corrected chi connectivity index (χ1v) is 8.72. The quantitative estimate of drug-likeness (QED) is 0.899. The van der Waals surface area contributed by atoms with E-state index in [0.29, 0.717) is 18.2 Å². The number of nitrogens with zero attached hydrogens (tertiary/aromatic N) is 1. The highest BCUT2D eigenvalue weighted by molar-refractivity contribution is 5.83. The van der Waals surface area contributed by atoms with Crippen molar-refractivity contribution in [1.29, 1.82) is 0 Å². The molecule has 2 aliphatic rings. The topological polar surface area (TPSA) is 36.1 Å². The zero-order valence-corrected chi connectivity index (χ0v) is 13.5. The third-order valence-electron chi connectivity index (χ3n) is 5.07. The zero-order chi connectivity index (χ0) is 14.8. The summed E-state index contributed by atoms with van der Waals surface area (Å²) in [4.78, 5) is 18.2. The molecule has 0 radical (unpaired) electrons. The number of rotatable bonds is 5. The zero-order valence-electron chi connectivity index (χ0n) is 13.5. The van der Waals surface area contributed by atoms with Gasteiger partial charge in [-0.3, -0.25) is 9.69 Å². The maximum absolute atomic E-state index is 11.8. The predicted octanol–water partition coefficient (Wildman–Crippen LogP) is 3.57. The first-order valence-electron chi connectivity index (χ1n) is 8.72. The van der Waals surface area contributed by atoms with Gasteiger partial charge in [-0.15, -0.1) is 0 Å². The summed E-state index contributed by atoms with van der Waals surface area (Å²) < 4.78 is 0. The van der Waals surface area contributed by atoms with E-state index in [4.69, 9.17) is 0 Å². The number of carbonyl (C=O) groups excluding carboxylic acids is 1. The molecule has 2 aliphatic carbocycles. The van der Waals surface area contributed by atoms with Gasteiger partial charge in [-0.2, -0.15) is 0 Å². The molecule has 0 fully saturated rings. The number of fused-ring (bicyclic) bond motifs is 3. The normalized spacial score (nSPS) is 21.5. The number of aromatic nitrogens is 1. The fraction of sp³-hybridized carbons (Fsp3) is 0.722. The van der Waals surface area contributed by atoms with Crippen molar-refractivity contribution in [3.05, 3.63) is 22.5 Å². The Kier molecular flexibility index (Phi) is 4.48. The summed E-state index contributed by atoms with van der Waals surface area (Å²) in [5.41, 5.74) is 5.66. The molecule has 1 N–H and O–H groups in total. The summed E-state index contributed by atoms with van der Waals surface area (Å²) in [6, 6.07) is 0.550. The van der Waals surface area contributed by atoms with Crippen molar-refractivity contribution >= 4 is 5.78 Å². The van der Waals surface area contributed by atoms with Crippen LogP contribution in [0.15, 0.2) is 0 Å². The number of carbonyl (C=O) groups is 1. The fourth-order valence-corrected chi connectivity index (χ4v) is 4.18. The van der Waals surface area contributed by atoms with Crippen LogP contribution in [0.5, 0.6) is 0 Å². The SMILES string of the molecule is CCCN(CCC)C1CCCc2c1[nH]c1c2CC(=O)CC1. The summed E-state index contributed by atoms with van der Waals surface area (Å²) in [6.45, 7) is 6.90. The minimum atomic E-state index is 0.422. The van der Waals surface area contributed by atoms with E-state index in [0.717, 1.165) is 19.3 Å². The molecule has 3 rings (SSSR count). The van der Waals surface area contributed by atoms with Crippen molar-refractivity contribution in [3.8, 4) is 0 Å². The van der Waals surface area contributed by atoms with Gasteiger partial charge in [0.05, 0.1) is 6.04 Å². The highest BCUT2D eigenvalue weighted by Crippen LogP contribution is 2.38. The van der Waals surface area contributed by atoms with E-state index < -0.39 is 0 Å². The van der Waals surface area contributed by atoms with Crippen molar-refractivity contribution in [2.75, 3.05) is 13.1 Å². The first kappa shape index (κ1) is 14.8. The standard InChI is InChI=1S/C18H28N2O/c1-3-10-20(11-4-2)17-7-5-6-14-15-12-13(21)8-9-16(15)19-18(14)17/h17,19H,3-12H2,1-2H3. The number of H-pyrrole nitrogens is 1. The fourth-order valence-electron chi connectivity index (χ4n) is 4.18. The van der Waals surface area contributed by atoms with E-state index >= 15 is 0 Å². The van der Waals surface area contributed by atoms with E-state index in [1.54, 1.807) is 0 Å². The predicted molar refractivity (Wildman–Crippen MR) is 85.7 cm³/mol. The van der Waals surface area contributed by atoms with Gasteiger partial charge in [-0.05, 0) is 62.7 Å². The highest BCUT2D eigenvalue weighted by atomic mass is 16.1. The van der Waals surface area contributed by atoms with Crippen LogP contribution < -0.4 is 0 Å². The van der Waals surface area contributed by atoms with Crippen LogP contribution in [-0.2, 0) is 24.1 Å². The van der Waals surface area contributed by atoms with Gasteiger partial charge in [0.25, 0.3) is 0 Å². The summed E-state index contributed by atoms with van der Waals surface area (Å²) in [5.74, 6) is 0.422. The van der Waals surface area contributed by atoms with Gasteiger partial charge in [-0.1, -0.05) is 13.8 Å². The van der Waals surface area contributed by atoms with Crippen LogP contribution >= 0.6 is 0 Å². The first-order chi connectivity index (χ1) is 10.2. The van der Waals surface area contributed by atoms with Crippen molar-refractivity contribution in [3.63, 3.8) is 0 Å². The highest BCUT2D eigenvalue weighted by Gasteiger charge is 2.32. The number of Topliss-reactive ketones (excluding diaryl/α,β-unsaturated/α-hetero) is 1. The lowest BCUT2D eigenvalue weighted by atomic mass is 9.86. The van der Waals surface area contributed by atoms with Crippen LogP contribution in [0.2, 0.25) is 0 Å². The van der Waals surface area contributed by atoms with Crippen LogP contribution in [0, 0.1) is 0 Å². The lowest BCUT2D eigenvalue weighted by Crippen LogP contribution is -2.33. The average molecular weight is 288 g/mol. The molecule has 1 aromatic rings. The molecule has 0 aliphatic heterocycles. The summed E-state index contributed by atoms with van der Waals surface area (Å²) in [7, 11) is 0. The minimum Gasteiger partial charge on any atom is -0.360 e. The average Bonchev–Trinajstić information content (AvgIpc) is 2.85. The Morgan fingerprint density at radius 2 is 1.86 bits per heavy atom. The minimum absolute atomic E-state index is 0.422. The summed E-state index contributed by atoms with van der Waals surface area (Å²) in [5, 5.41) is 0. The van der Waals surface area contributed by atoms with Gasteiger partial charge < -0.3 is 4.98 Å². The van der Waals surface area contributed by atoms with Crippen molar-refractivity contribution in [1.82, 2.24) is 9.88 Å². The van der Waals surface area contributed by atoms with Gasteiger partial charge in [0, 0.05) is 24.2 Å². The molecule has 1 heterocycles. The Labute approximate surface area is 128 Å². The van der Waals surface area contributed by atoms with Crippen LogP contribution in [-0.4, -0.2) is 28.8 Å². The van der Waals surface area contributed by atoms with Gasteiger partial charge in [-0.25, -0.2) is 0 Å². The maximum atomic E-state index is 11.8. The van der Waals surface area contributed by atoms with E-state index in [1.165, 1.54) is 61.3 Å². The Morgan fingerprint density at radius 1 is 1.10 bits per heavy atom. The molecule has 0 saturated heterocycles. The lowest BCUT2D eigenvalue weighted by Gasteiger charge is -2.34. The van der Waals surface area contributed by atoms with Gasteiger partial charge >= 0.3 is 0 Å². The number of aromatic amines is 1. The number of hydrogen-bond donors (Lipinski definition) is 1. The molecule has 1 aromatic heterocycles. The second kappa shape index (κ2) is 6.35. The van der Waals surface area contributed by atoms with Crippen LogP contribution in [0.3, 0.4) is 0 Å². The third-order valence-corrected chi connectivity index (χ3v) is 5.07. The Bertz CT molecular complexity index is 512. The van der Waals surface area contributed by atoms with Crippen molar-refractivity contribution in [2.45, 2.75) is 71.3 Å². The number of ketones is 1. The van der Waals surface area contributed by atoms with Gasteiger partial charge in [0.15, 0.2) is 0 Å². The lowest BCUT2D eigenvalue weighted by molar-refractivity contribution is -0.118. The van der Waals surface area contributed by atoms with E-state index in [2.05, 4.69) is 23.7 Å². The Balaban J connectivity index is 1.92. The van der Waals surface area contributed by atoms with E-state index in [9.17, 15) is 4.79 Å². The van der Waals surface area contributed by atoms with E-state index in [1.807, 2.05) is 0 Å². The van der Waals surface area contributed by atoms with Gasteiger partial charge in [0.2, 0.25) is 0 Å². The molecule has 3 heteroatoms. The molecular formula is C18H28N2O. The van der Waals surface area contributed by atoms with Crippen molar-refractivity contribution in [2.24, 2.45) is 0 Å². The summed E-state index contributed by atoms with van der Waals surface area (Å²) >= 11 is 0. The number of hydrogen-bond acceptors (Lipinski definition) is 2. The number of nitrogens with one attached hydrogen (secondary N) is 1. The van der Waals surface area contributed by atoms with Crippen LogP contribution in [0.1, 0.15) is 74.5 Å². The molecule has 1 atom stereocenters. The smallest absolute Gasteiger partial charge is 0.137 e. The van der Waals surface area contributed by atoms with Crippen LogP contribution in [0.4, 0.5) is 0 Å². The Hall–Kier alpha value is -1.09. The molecule has 0 bridgehead atoms. The molecule has 0 saturated carbocycles. The Morgan fingerprint density at radius 3 is 2.57 bits per heavy atom. The second-order valence-corrected chi connectivity index (χ2v) is 6.63. The summed E-state index contributed by atoms with van der Waals surface area (Å²) in [6.07, 6.45) is 8.45. The second-order valence-electron chi connectivity index (χ2n) is 6.63.